The average molecular weight is 334 g/mol. The second-order valence-electron chi connectivity index (χ2n) is 6.38. The van der Waals surface area contributed by atoms with Crippen LogP contribution in [-0.2, 0) is 6.54 Å². The van der Waals surface area contributed by atoms with Crippen LogP contribution in [0.25, 0.3) is 0 Å². The molecule has 2 fully saturated rings. The molecular weight excluding hydrogens is 308 g/mol. The molecule has 1 aromatic heterocycles. The lowest BCUT2D eigenvalue weighted by atomic mass is 10.2. The molecule has 126 valence electrons. The number of piperazine rings is 1. The maximum absolute atomic E-state index is 12.5. The first-order valence-corrected chi connectivity index (χ1v) is 9.74. The lowest BCUT2D eigenvalue weighted by Crippen LogP contribution is -2.53. The van der Waals surface area contributed by atoms with Crippen LogP contribution >= 0.6 is 11.8 Å². The van der Waals surface area contributed by atoms with Crippen molar-refractivity contribution >= 4 is 17.8 Å². The van der Waals surface area contributed by atoms with Crippen LogP contribution in [0.2, 0.25) is 0 Å². The lowest BCUT2D eigenvalue weighted by molar-refractivity contribution is 0.133. The molecule has 0 bridgehead atoms. The number of hydrogen-bond donors (Lipinski definition) is 1. The molecule has 0 spiro atoms. The monoisotopic (exact) mass is 334 g/mol. The molecule has 2 aliphatic rings. The zero-order valence-corrected chi connectivity index (χ0v) is 14.6. The molecule has 2 heterocycles. The highest BCUT2D eigenvalue weighted by Crippen LogP contribution is 2.28. The fraction of sp³-hybridized carbons (Fsp3) is 0.647. The number of carbonyl (C=O) groups is 1. The fourth-order valence-corrected chi connectivity index (χ4v) is 4.41. The van der Waals surface area contributed by atoms with E-state index in [1.165, 1.54) is 18.4 Å². The van der Waals surface area contributed by atoms with Crippen LogP contribution < -0.4 is 5.32 Å². The van der Waals surface area contributed by atoms with E-state index in [0.29, 0.717) is 11.3 Å². The predicted molar refractivity (Wildman–Crippen MR) is 94.6 cm³/mol. The molecule has 2 unspecified atom stereocenters. The third-order valence-electron chi connectivity index (χ3n) is 4.88. The predicted octanol–water partition coefficient (Wildman–Crippen LogP) is 2.19. The van der Waals surface area contributed by atoms with Crippen LogP contribution in [-0.4, -0.2) is 64.5 Å². The number of urea groups is 1. The highest BCUT2D eigenvalue weighted by Gasteiger charge is 2.30. The second kappa shape index (κ2) is 8.02. The average Bonchev–Trinajstić information content (AvgIpc) is 3.03. The van der Waals surface area contributed by atoms with Crippen molar-refractivity contribution in [2.75, 3.05) is 32.4 Å². The van der Waals surface area contributed by atoms with Gasteiger partial charge in [0.2, 0.25) is 0 Å². The van der Waals surface area contributed by atoms with Gasteiger partial charge < -0.3 is 10.2 Å². The summed E-state index contributed by atoms with van der Waals surface area (Å²) in [6.07, 6.45) is 9.40. The van der Waals surface area contributed by atoms with Crippen LogP contribution in [0.3, 0.4) is 0 Å². The van der Waals surface area contributed by atoms with Gasteiger partial charge in [0.15, 0.2) is 0 Å². The van der Waals surface area contributed by atoms with Gasteiger partial charge in [0.25, 0.3) is 0 Å². The summed E-state index contributed by atoms with van der Waals surface area (Å²) >= 11 is 1.88. The molecule has 5 nitrogen and oxygen atoms in total. The molecule has 1 aromatic rings. The van der Waals surface area contributed by atoms with E-state index in [4.69, 9.17) is 0 Å². The Hall–Kier alpha value is -1.27. The first-order valence-electron chi connectivity index (χ1n) is 8.46. The molecule has 2 amide bonds. The minimum absolute atomic E-state index is 0.125. The summed E-state index contributed by atoms with van der Waals surface area (Å²) in [6, 6.07) is 4.59. The number of rotatable bonds is 4. The maximum Gasteiger partial charge on any atom is 0.317 e. The van der Waals surface area contributed by atoms with Crippen LogP contribution in [0.5, 0.6) is 0 Å². The van der Waals surface area contributed by atoms with Gasteiger partial charge in [-0.2, -0.15) is 11.8 Å². The molecule has 1 saturated carbocycles. The van der Waals surface area contributed by atoms with Crippen molar-refractivity contribution < 1.29 is 4.79 Å². The van der Waals surface area contributed by atoms with Crippen LogP contribution in [0, 0.1) is 0 Å². The van der Waals surface area contributed by atoms with Gasteiger partial charge in [-0.25, -0.2) is 4.79 Å². The number of nitrogens with one attached hydrogen (secondary N) is 1. The molecule has 23 heavy (non-hydrogen) atoms. The van der Waals surface area contributed by atoms with E-state index < -0.39 is 0 Å². The summed E-state index contributed by atoms with van der Waals surface area (Å²) in [5, 5.41) is 3.84. The van der Waals surface area contributed by atoms with Crippen LogP contribution in [0.4, 0.5) is 4.79 Å². The van der Waals surface area contributed by atoms with Gasteiger partial charge in [-0.3, -0.25) is 9.88 Å². The van der Waals surface area contributed by atoms with Crippen molar-refractivity contribution in [3.8, 4) is 0 Å². The highest BCUT2D eigenvalue weighted by atomic mass is 32.2. The summed E-state index contributed by atoms with van der Waals surface area (Å²) in [6.45, 7) is 4.44. The van der Waals surface area contributed by atoms with Crippen molar-refractivity contribution in [1.82, 2.24) is 20.1 Å². The van der Waals surface area contributed by atoms with Crippen molar-refractivity contribution in [2.45, 2.75) is 37.1 Å². The van der Waals surface area contributed by atoms with E-state index in [0.717, 1.165) is 39.1 Å². The maximum atomic E-state index is 12.5. The Bertz CT molecular complexity index is 505. The number of hydrogen-bond acceptors (Lipinski definition) is 4. The molecule has 1 aliphatic heterocycles. The van der Waals surface area contributed by atoms with E-state index >= 15 is 0 Å². The third-order valence-corrected chi connectivity index (χ3v) is 6.05. The molecule has 3 rings (SSSR count). The molecule has 1 aliphatic carbocycles. The van der Waals surface area contributed by atoms with E-state index in [9.17, 15) is 4.79 Å². The summed E-state index contributed by atoms with van der Waals surface area (Å²) in [7, 11) is 0. The molecule has 2 atom stereocenters. The Labute approximate surface area is 142 Å². The second-order valence-corrected chi connectivity index (χ2v) is 7.46. The fourth-order valence-electron chi connectivity index (χ4n) is 3.48. The lowest BCUT2D eigenvalue weighted by Gasteiger charge is -2.35. The van der Waals surface area contributed by atoms with Crippen molar-refractivity contribution in [2.24, 2.45) is 0 Å². The Morgan fingerprint density at radius 1 is 1.26 bits per heavy atom. The summed E-state index contributed by atoms with van der Waals surface area (Å²) in [5.74, 6) is 0. The van der Waals surface area contributed by atoms with Gasteiger partial charge >= 0.3 is 6.03 Å². The van der Waals surface area contributed by atoms with Crippen molar-refractivity contribution in [3.05, 3.63) is 30.1 Å². The number of thioether (sulfide) groups is 1. The molecule has 1 N–H and O–H groups in total. The topological polar surface area (TPSA) is 48.5 Å². The van der Waals surface area contributed by atoms with Gasteiger partial charge in [0, 0.05) is 56.4 Å². The first kappa shape index (κ1) is 16.6. The van der Waals surface area contributed by atoms with Crippen molar-refractivity contribution in [1.29, 1.82) is 0 Å². The number of aromatic nitrogens is 1. The molecule has 0 aromatic carbocycles. The minimum Gasteiger partial charge on any atom is -0.334 e. The summed E-state index contributed by atoms with van der Waals surface area (Å²) in [5.41, 5.74) is 1.28. The van der Waals surface area contributed by atoms with Crippen LogP contribution in [0.1, 0.15) is 24.8 Å². The molecule has 1 saturated heterocycles. The number of pyridine rings is 1. The van der Waals surface area contributed by atoms with Gasteiger partial charge in [0.1, 0.15) is 0 Å². The Balaban J connectivity index is 1.44. The molecule has 0 radical (unpaired) electrons. The standard InChI is InChI=1S/C17H26N4OS/c1-23-16-4-2-3-15(16)19-17(22)21-11-9-20(10-12-21)13-14-5-7-18-8-6-14/h5-8,15-16H,2-4,9-13H2,1H3,(H,19,22). The van der Waals surface area contributed by atoms with E-state index in [1.807, 2.05) is 29.1 Å². The van der Waals surface area contributed by atoms with E-state index in [-0.39, 0.29) is 6.03 Å². The Kier molecular flexibility index (Phi) is 5.78. The van der Waals surface area contributed by atoms with Gasteiger partial charge in [-0.1, -0.05) is 6.42 Å². The SMILES string of the molecule is CSC1CCCC1NC(=O)N1CCN(Cc2ccncc2)CC1. The van der Waals surface area contributed by atoms with Crippen molar-refractivity contribution in [3.63, 3.8) is 0 Å². The summed E-state index contributed by atoms with van der Waals surface area (Å²) in [4.78, 5) is 20.9. The van der Waals surface area contributed by atoms with Gasteiger partial charge in [-0.15, -0.1) is 0 Å². The Morgan fingerprint density at radius 2 is 2.00 bits per heavy atom. The minimum atomic E-state index is 0.125. The first-order chi connectivity index (χ1) is 11.3. The quantitative estimate of drug-likeness (QED) is 0.917. The van der Waals surface area contributed by atoms with Crippen LogP contribution in [0.15, 0.2) is 24.5 Å². The van der Waals surface area contributed by atoms with Gasteiger partial charge in [-0.05, 0) is 36.8 Å². The molecular formula is C17H26N4OS. The normalized spacial score (nSPS) is 25.5. The summed E-state index contributed by atoms with van der Waals surface area (Å²) < 4.78 is 0. The smallest absolute Gasteiger partial charge is 0.317 e. The highest BCUT2D eigenvalue weighted by molar-refractivity contribution is 7.99. The zero-order valence-electron chi connectivity index (χ0n) is 13.8. The van der Waals surface area contributed by atoms with E-state index in [1.54, 1.807) is 0 Å². The largest absolute Gasteiger partial charge is 0.334 e. The zero-order chi connectivity index (χ0) is 16.1. The van der Waals surface area contributed by atoms with Gasteiger partial charge in [0.05, 0.1) is 0 Å². The third kappa shape index (κ3) is 4.38. The van der Waals surface area contributed by atoms with E-state index in [2.05, 4.69) is 33.6 Å². The molecule has 6 heteroatoms. The number of amides is 2. The number of carbonyl (C=O) groups excluding carboxylic acids is 1. The Morgan fingerprint density at radius 3 is 2.70 bits per heavy atom. The number of nitrogens with zero attached hydrogens (tertiary/aromatic N) is 3.